The number of aliphatic hydroxyl groups excluding tert-OH is 1. The maximum absolute atomic E-state index is 13.2. The number of rotatable bonds is 4. The molecule has 0 spiro atoms. The van der Waals surface area contributed by atoms with Gasteiger partial charge in [-0.2, -0.15) is 0 Å². The molecule has 2 fully saturated rings. The van der Waals surface area contributed by atoms with Crippen LogP contribution in [0.2, 0.25) is 0 Å². The van der Waals surface area contributed by atoms with Gasteiger partial charge in [0.1, 0.15) is 6.10 Å². The van der Waals surface area contributed by atoms with Gasteiger partial charge in [-0.25, -0.2) is 0 Å². The summed E-state index contributed by atoms with van der Waals surface area (Å²) >= 11 is 0. The molecule has 0 radical (unpaired) electrons. The van der Waals surface area contributed by atoms with Crippen LogP contribution >= 0.6 is 0 Å². The molecule has 29 heavy (non-hydrogen) atoms. The molecular formula is C25H32O3Si. The Hall–Kier alpha value is -1.75. The topological polar surface area (TPSA) is 46.5 Å². The predicted molar refractivity (Wildman–Crippen MR) is 119 cm³/mol. The van der Waals surface area contributed by atoms with E-state index in [1.54, 1.807) is 0 Å². The molecule has 0 amide bonds. The van der Waals surface area contributed by atoms with Crippen molar-refractivity contribution in [2.24, 2.45) is 22.7 Å². The molecular weight excluding hydrogens is 376 g/mol. The summed E-state index contributed by atoms with van der Waals surface area (Å²) in [5.41, 5.74) is -0.337. The molecule has 154 valence electrons. The smallest absolute Gasteiger partial charge is 0.240 e. The third-order valence-electron chi connectivity index (χ3n) is 7.13. The highest BCUT2D eigenvalue weighted by molar-refractivity contribution is 6.80. The maximum atomic E-state index is 13.2. The lowest BCUT2D eigenvalue weighted by molar-refractivity contribution is -0.126. The Labute approximate surface area is 175 Å². The molecule has 3 nitrogen and oxygen atoms in total. The van der Waals surface area contributed by atoms with E-state index < -0.39 is 15.1 Å². The lowest BCUT2D eigenvalue weighted by Gasteiger charge is -2.37. The number of Topliss-reactive ketones (excluding diaryl/α,β-unsaturated/α-hetero) is 1. The zero-order chi connectivity index (χ0) is 20.8. The number of carbonyl (C=O) groups excluding carboxylic acids is 1. The number of hydrogen-bond donors (Lipinski definition) is 1. The highest BCUT2D eigenvalue weighted by Gasteiger charge is 2.63. The number of hydrogen-bond acceptors (Lipinski definition) is 3. The Morgan fingerprint density at radius 3 is 2.00 bits per heavy atom. The van der Waals surface area contributed by atoms with Crippen molar-refractivity contribution in [2.75, 3.05) is 0 Å². The molecule has 0 aromatic heterocycles. The maximum Gasteiger partial charge on any atom is 0.240 e. The summed E-state index contributed by atoms with van der Waals surface area (Å²) < 4.78 is 6.80. The minimum absolute atomic E-state index is 0.0350. The first kappa shape index (κ1) is 20.5. The van der Waals surface area contributed by atoms with Crippen molar-refractivity contribution >= 4 is 25.2 Å². The van der Waals surface area contributed by atoms with Crippen molar-refractivity contribution in [3.8, 4) is 0 Å². The molecule has 0 bridgehead atoms. The summed E-state index contributed by atoms with van der Waals surface area (Å²) in [6.45, 7) is 8.70. The van der Waals surface area contributed by atoms with E-state index in [0.29, 0.717) is 12.8 Å². The highest BCUT2D eigenvalue weighted by atomic mass is 28.3. The summed E-state index contributed by atoms with van der Waals surface area (Å²) in [5.74, 6) is 0.512. The van der Waals surface area contributed by atoms with Crippen molar-refractivity contribution in [2.45, 2.75) is 52.7 Å². The van der Waals surface area contributed by atoms with E-state index in [9.17, 15) is 9.90 Å². The fraction of sp³-hybridized carbons (Fsp3) is 0.480. The van der Waals surface area contributed by atoms with Gasteiger partial charge in [0.2, 0.25) is 9.04 Å². The van der Waals surface area contributed by atoms with Crippen molar-refractivity contribution in [3.63, 3.8) is 0 Å². The number of fused-ring (bicyclic) bond motifs is 1. The van der Waals surface area contributed by atoms with E-state index in [1.165, 1.54) is 10.4 Å². The van der Waals surface area contributed by atoms with Crippen LogP contribution in [-0.4, -0.2) is 32.1 Å². The molecule has 2 aliphatic carbocycles. The number of carbonyl (C=O) groups is 1. The monoisotopic (exact) mass is 408 g/mol. The van der Waals surface area contributed by atoms with Gasteiger partial charge in [0.15, 0.2) is 5.78 Å². The second kappa shape index (κ2) is 7.49. The normalized spacial score (nSPS) is 32.0. The molecule has 0 heterocycles. The van der Waals surface area contributed by atoms with Gasteiger partial charge in [-0.05, 0) is 34.0 Å². The van der Waals surface area contributed by atoms with Crippen molar-refractivity contribution in [1.82, 2.24) is 0 Å². The Morgan fingerprint density at radius 2 is 1.52 bits per heavy atom. The first-order chi connectivity index (χ1) is 13.7. The number of aliphatic hydroxyl groups is 1. The molecule has 2 aliphatic rings. The highest BCUT2D eigenvalue weighted by Crippen LogP contribution is 2.60. The molecule has 1 unspecified atom stereocenters. The van der Waals surface area contributed by atoms with Crippen LogP contribution in [0, 0.1) is 22.7 Å². The van der Waals surface area contributed by atoms with Gasteiger partial charge in [-0.3, -0.25) is 4.79 Å². The van der Waals surface area contributed by atoms with E-state index in [2.05, 4.69) is 52.0 Å². The Bertz CT molecular complexity index is 821. The van der Waals surface area contributed by atoms with Gasteiger partial charge in [0, 0.05) is 11.8 Å². The number of benzene rings is 2. The van der Waals surface area contributed by atoms with E-state index in [4.69, 9.17) is 4.43 Å². The van der Waals surface area contributed by atoms with Crippen LogP contribution in [0.4, 0.5) is 0 Å². The van der Waals surface area contributed by atoms with Crippen LogP contribution in [0.1, 0.15) is 40.5 Å². The fourth-order valence-electron chi connectivity index (χ4n) is 5.91. The van der Waals surface area contributed by atoms with Crippen LogP contribution in [0.5, 0.6) is 0 Å². The zero-order valence-corrected chi connectivity index (χ0v) is 19.0. The molecule has 0 aliphatic heterocycles. The van der Waals surface area contributed by atoms with Gasteiger partial charge in [-0.15, -0.1) is 0 Å². The van der Waals surface area contributed by atoms with Crippen LogP contribution in [0.15, 0.2) is 60.7 Å². The number of ketones is 1. The lowest BCUT2D eigenvalue weighted by Crippen LogP contribution is -2.51. The molecule has 1 N–H and O–H groups in total. The Kier molecular flexibility index (Phi) is 5.30. The third-order valence-corrected chi connectivity index (χ3v) is 9.66. The van der Waals surface area contributed by atoms with Gasteiger partial charge in [0.25, 0.3) is 0 Å². The first-order valence-corrected chi connectivity index (χ1v) is 12.3. The van der Waals surface area contributed by atoms with Crippen LogP contribution in [0.3, 0.4) is 0 Å². The van der Waals surface area contributed by atoms with E-state index in [-0.39, 0.29) is 34.6 Å². The standard InChI is InChI=1S/C25H32O3Si/c1-24(2,3)22-19-15-20(26)23(25(19,4)16-21(22)27)28-29(17-11-7-5-8-12-17)18-13-9-6-10-14-18/h5-14,19,21-23,27,29H,15-16H2,1-4H3/t19-,21+,22+,23?,25+/m0/s1. The second-order valence-corrected chi connectivity index (χ2v) is 12.5. The minimum atomic E-state index is -2.02. The van der Waals surface area contributed by atoms with Crippen LogP contribution in [0.25, 0.3) is 0 Å². The zero-order valence-electron chi connectivity index (χ0n) is 17.8. The van der Waals surface area contributed by atoms with Crippen molar-refractivity contribution in [1.29, 1.82) is 0 Å². The molecule has 2 aromatic carbocycles. The minimum Gasteiger partial charge on any atom is -0.400 e. The van der Waals surface area contributed by atoms with Crippen LogP contribution < -0.4 is 10.4 Å². The summed E-state index contributed by atoms with van der Waals surface area (Å²) in [4.78, 5) is 13.2. The third kappa shape index (κ3) is 3.62. The van der Waals surface area contributed by atoms with Crippen molar-refractivity contribution < 1.29 is 14.3 Å². The molecule has 0 saturated heterocycles. The van der Waals surface area contributed by atoms with Gasteiger partial charge in [0.05, 0.1) is 6.10 Å². The predicted octanol–water partition coefficient (Wildman–Crippen LogP) is 2.93. The van der Waals surface area contributed by atoms with Crippen LogP contribution in [-0.2, 0) is 9.22 Å². The van der Waals surface area contributed by atoms with E-state index >= 15 is 0 Å². The summed E-state index contributed by atoms with van der Waals surface area (Å²) in [6, 6.07) is 20.6. The fourth-order valence-corrected chi connectivity index (χ4v) is 8.49. The molecule has 2 aromatic rings. The Balaban J connectivity index is 1.69. The van der Waals surface area contributed by atoms with Gasteiger partial charge in [-0.1, -0.05) is 88.4 Å². The van der Waals surface area contributed by atoms with E-state index in [1.807, 2.05) is 36.4 Å². The van der Waals surface area contributed by atoms with Crippen molar-refractivity contribution in [3.05, 3.63) is 60.7 Å². The van der Waals surface area contributed by atoms with Gasteiger partial charge < -0.3 is 9.53 Å². The second-order valence-electron chi connectivity index (χ2n) is 10.2. The lowest BCUT2D eigenvalue weighted by atomic mass is 9.70. The summed E-state index contributed by atoms with van der Waals surface area (Å²) in [7, 11) is -2.02. The molecule has 4 rings (SSSR count). The SMILES string of the molecule is CC(C)(C)[C@H]1[C@H](O)C[C@@]2(C)C(O[SiH](c3ccccc3)c3ccccc3)C(=O)C[C@@H]12. The molecule has 2 saturated carbocycles. The first-order valence-electron chi connectivity index (χ1n) is 10.7. The molecule has 4 heteroatoms. The molecule has 5 atom stereocenters. The quantitative estimate of drug-likeness (QED) is 0.792. The Morgan fingerprint density at radius 1 is 1.00 bits per heavy atom. The summed E-state index contributed by atoms with van der Waals surface area (Å²) in [5, 5.41) is 13.3. The van der Waals surface area contributed by atoms with Gasteiger partial charge >= 0.3 is 0 Å². The summed E-state index contributed by atoms with van der Waals surface area (Å²) in [6.07, 6.45) is 0.343. The average molecular weight is 409 g/mol. The average Bonchev–Trinajstić information content (AvgIpc) is 3.06. The van der Waals surface area contributed by atoms with E-state index in [0.717, 1.165) is 0 Å². The largest absolute Gasteiger partial charge is 0.400 e.